The molecule has 0 aliphatic carbocycles. The van der Waals surface area contributed by atoms with Crippen LogP contribution < -0.4 is 0 Å². The molecule has 1 aliphatic heterocycles. The third kappa shape index (κ3) is 4.81. The summed E-state index contributed by atoms with van der Waals surface area (Å²) >= 11 is 0. The Morgan fingerprint density at radius 2 is 2.32 bits per heavy atom. The lowest BCUT2D eigenvalue weighted by atomic mass is 10.1. The van der Waals surface area contributed by atoms with Crippen LogP contribution in [0.3, 0.4) is 0 Å². The molecule has 1 aromatic carbocycles. The van der Waals surface area contributed by atoms with Crippen LogP contribution in [0.4, 0.5) is 4.39 Å². The van der Waals surface area contributed by atoms with Crippen molar-refractivity contribution in [2.24, 2.45) is 0 Å². The van der Waals surface area contributed by atoms with Crippen molar-refractivity contribution >= 4 is 0 Å². The lowest BCUT2D eigenvalue weighted by Gasteiger charge is -2.28. The van der Waals surface area contributed by atoms with Crippen LogP contribution in [0, 0.1) is 18.2 Å². The smallest absolute Gasteiger partial charge is 0.158 e. The van der Waals surface area contributed by atoms with Crippen LogP contribution in [-0.2, 0) is 14.2 Å². The second-order valence-electron chi connectivity index (χ2n) is 5.38. The van der Waals surface area contributed by atoms with Crippen molar-refractivity contribution in [2.45, 2.75) is 45.0 Å². The first-order chi connectivity index (χ1) is 10.7. The number of ether oxygens (including phenoxy) is 3. The van der Waals surface area contributed by atoms with Gasteiger partial charge in [-0.25, -0.2) is 4.39 Å². The summed E-state index contributed by atoms with van der Waals surface area (Å²) in [5.41, 5.74) is 0.979. The predicted octanol–water partition coefficient (Wildman–Crippen LogP) is 3.82. The zero-order valence-electron chi connectivity index (χ0n) is 13.0. The molecule has 120 valence electrons. The van der Waals surface area contributed by atoms with Gasteiger partial charge in [0.2, 0.25) is 0 Å². The number of hydrogen-bond donors (Lipinski definition) is 0. The Balaban J connectivity index is 2.10. The molecule has 4 heteroatoms. The van der Waals surface area contributed by atoms with Crippen LogP contribution in [0.1, 0.15) is 49.8 Å². The first-order valence-electron chi connectivity index (χ1n) is 7.85. The molecule has 2 atom stereocenters. The van der Waals surface area contributed by atoms with E-state index in [-0.39, 0.29) is 12.1 Å². The van der Waals surface area contributed by atoms with Gasteiger partial charge in [-0.15, -0.1) is 6.42 Å². The molecule has 1 aliphatic rings. The number of rotatable bonds is 7. The maximum Gasteiger partial charge on any atom is 0.158 e. The van der Waals surface area contributed by atoms with Crippen LogP contribution >= 0.6 is 0 Å². The summed E-state index contributed by atoms with van der Waals surface area (Å²) in [6.45, 7) is 3.64. The number of halogens is 1. The van der Waals surface area contributed by atoms with E-state index in [1.165, 1.54) is 6.07 Å². The molecule has 1 saturated heterocycles. The summed E-state index contributed by atoms with van der Waals surface area (Å²) in [5, 5.41) is 0. The molecule has 0 bridgehead atoms. The summed E-state index contributed by atoms with van der Waals surface area (Å²) in [6, 6.07) is 4.75. The summed E-state index contributed by atoms with van der Waals surface area (Å²) in [4.78, 5) is 0. The lowest BCUT2D eigenvalue weighted by molar-refractivity contribution is -0.200. The number of terminal acetylenes is 1. The summed E-state index contributed by atoms with van der Waals surface area (Å²) in [7, 11) is 0. The molecule has 2 rings (SSSR count). The minimum absolute atomic E-state index is 0.296. The molecule has 0 amide bonds. The summed E-state index contributed by atoms with van der Waals surface area (Å²) in [5.74, 6) is 2.07. The van der Waals surface area contributed by atoms with E-state index in [1.54, 1.807) is 12.1 Å². The lowest BCUT2D eigenvalue weighted by Crippen LogP contribution is -2.27. The first kappa shape index (κ1) is 17.0. The molecule has 0 saturated carbocycles. The van der Waals surface area contributed by atoms with E-state index in [1.807, 2.05) is 6.92 Å². The van der Waals surface area contributed by atoms with Gasteiger partial charge in [-0.05, 0) is 37.8 Å². The van der Waals surface area contributed by atoms with Crippen LogP contribution in [0.25, 0.3) is 0 Å². The Morgan fingerprint density at radius 3 is 2.95 bits per heavy atom. The van der Waals surface area contributed by atoms with Gasteiger partial charge in [-0.3, -0.25) is 0 Å². The van der Waals surface area contributed by atoms with E-state index < -0.39 is 6.10 Å². The van der Waals surface area contributed by atoms with Crippen LogP contribution in [0.15, 0.2) is 18.2 Å². The van der Waals surface area contributed by atoms with E-state index in [4.69, 9.17) is 20.6 Å². The van der Waals surface area contributed by atoms with E-state index >= 15 is 0 Å². The second kappa shape index (κ2) is 8.89. The zero-order chi connectivity index (χ0) is 15.8. The van der Waals surface area contributed by atoms with Gasteiger partial charge in [0.05, 0.1) is 6.61 Å². The molecule has 1 aromatic rings. The fourth-order valence-corrected chi connectivity index (χ4v) is 2.42. The summed E-state index contributed by atoms with van der Waals surface area (Å²) in [6.07, 6.45) is 8.36. The van der Waals surface area contributed by atoms with E-state index in [0.29, 0.717) is 30.9 Å². The molecule has 0 aromatic heterocycles. The SMILES string of the molecule is C#Cc1ccc(C(COCCC)OC2CCCCO2)c(F)c1. The topological polar surface area (TPSA) is 27.7 Å². The van der Waals surface area contributed by atoms with Crippen molar-refractivity contribution < 1.29 is 18.6 Å². The highest BCUT2D eigenvalue weighted by molar-refractivity contribution is 5.36. The fraction of sp³-hybridized carbons (Fsp3) is 0.556. The average molecular weight is 306 g/mol. The molecule has 1 heterocycles. The first-order valence-corrected chi connectivity index (χ1v) is 7.85. The van der Waals surface area contributed by atoms with E-state index in [2.05, 4.69) is 5.92 Å². The van der Waals surface area contributed by atoms with Gasteiger partial charge < -0.3 is 14.2 Å². The van der Waals surface area contributed by atoms with Gasteiger partial charge in [0.25, 0.3) is 0 Å². The highest BCUT2D eigenvalue weighted by Crippen LogP contribution is 2.27. The monoisotopic (exact) mass is 306 g/mol. The molecule has 1 fully saturated rings. The summed E-state index contributed by atoms with van der Waals surface area (Å²) < 4.78 is 31.4. The third-order valence-corrected chi connectivity index (χ3v) is 3.59. The van der Waals surface area contributed by atoms with Gasteiger partial charge in [-0.1, -0.05) is 18.9 Å². The van der Waals surface area contributed by atoms with Crippen molar-refractivity contribution in [3.8, 4) is 12.3 Å². The molecule has 0 radical (unpaired) electrons. The number of hydrogen-bond acceptors (Lipinski definition) is 3. The molecular weight excluding hydrogens is 283 g/mol. The molecule has 0 N–H and O–H groups in total. The number of benzene rings is 1. The highest BCUT2D eigenvalue weighted by atomic mass is 19.1. The molecule has 2 unspecified atom stereocenters. The quantitative estimate of drug-likeness (QED) is 0.566. The average Bonchev–Trinajstić information content (AvgIpc) is 2.55. The maximum absolute atomic E-state index is 14.3. The third-order valence-electron chi connectivity index (χ3n) is 3.59. The Bertz CT molecular complexity index is 504. The van der Waals surface area contributed by atoms with Crippen molar-refractivity contribution in [3.63, 3.8) is 0 Å². The predicted molar refractivity (Wildman–Crippen MR) is 82.9 cm³/mol. The van der Waals surface area contributed by atoms with Crippen molar-refractivity contribution in [1.82, 2.24) is 0 Å². The molecule has 0 spiro atoms. The maximum atomic E-state index is 14.3. The minimum atomic E-state index is -0.485. The largest absolute Gasteiger partial charge is 0.378 e. The van der Waals surface area contributed by atoms with Crippen LogP contribution in [0.5, 0.6) is 0 Å². The Morgan fingerprint density at radius 1 is 1.45 bits per heavy atom. The molecular formula is C18H23FO3. The van der Waals surface area contributed by atoms with Gasteiger partial charge in [0.15, 0.2) is 6.29 Å². The van der Waals surface area contributed by atoms with Gasteiger partial charge >= 0.3 is 0 Å². The van der Waals surface area contributed by atoms with Crippen molar-refractivity contribution in [1.29, 1.82) is 0 Å². The van der Waals surface area contributed by atoms with Crippen LogP contribution in [0.2, 0.25) is 0 Å². The molecule has 22 heavy (non-hydrogen) atoms. The van der Waals surface area contributed by atoms with Crippen LogP contribution in [-0.4, -0.2) is 26.1 Å². The molecule has 3 nitrogen and oxygen atoms in total. The van der Waals surface area contributed by atoms with Crippen molar-refractivity contribution in [3.05, 3.63) is 35.1 Å². The Hall–Kier alpha value is -1.41. The van der Waals surface area contributed by atoms with Crippen molar-refractivity contribution in [2.75, 3.05) is 19.8 Å². The Labute approximate surface area is 131 Å². The normalized spacial score (nSPS) is 19.6. The van der Waals surface area contributed by atoms with Gasteiger partial charge in [-0.2, -0.15) is 0 Å². The zero-order valence-corrected chi connectivity index (χ0v) is 13.0. The fourth-order valence-electron chi connectivity index (χ4n) is 2.42. The van der Waals surface area contributed by atoms with E-state index in [0.717, 1.165) is 25.7 Å². The Kier molecular flexibility index (Phi) is 6.85. The standard InChI is InChI=1S/C18H23FO3/c1-3-10-20-13-17(22-18-7-5-6-11-21-18)15-9-8-14(4-2)12-16(15)19/h2,8-9,12,17-18H,3,5-7,10-11,13H2,1H3. The van der Waals surface area contributed by atoms with E-state index in [9.17, 15) is 4.39 Å². The minimum Gasteiger partial charge on any atom is -0.378 e. The van der Waals surface area contributed by atoms with Gasteiger partial charge in [0, 0.05) is 24.3 Å². The highest BCUT2D eigenvalue weighted by Gasteiger charge is 2.23. The van der Waals surface area contributed by atoms with Gasteiger partial charge in [0.1, 0.15) is 11.9 Å². The second-order valence-corrected chi connectivity index (χ2v) is 5.38.